The predicted molar refractivity (Wildman–Crippen MR) is 184 cm³/mol. The zero-order valence-corrected chi connectivity index (χ0v) is 27.1. The van der Waals surface area contributed by atoms with Crippen LogP contribution in [0.1, 0.15) is 30.0 Å². The van der Waals surface area contributed by atoms with E-state index in [1.54, 1.807) is 12.1 Å². The van der Waals surface area contributed by atoms with Gasteiger partial charge < -0.3 is 20.4 Å². The molecule has 0 aliphatic carbocycles. The maximum Gasteiger partial charge on any atom is 0.290 e. The summed E-state index contributed by atoms with van der Waals surface area (Å²) in [5, 5.41) is 17.0. The molecule has 9 heteroatoms. The Labute approximate surface area is 270 Å². The van der Waals surface area contributed by atoms with E-state index in [0.717, 1.165) is 67.8 Å². The zero-order valence-electron chi connectivity index (χ0n) is 27.1. The summed E-state index contributed by atoms with van der Waals surface area (Å²) < 4.78 is 31.0. The maximum absolute atomic E-state index is 15.6. The van der Waals surface area contributed by atoms with Crippen molar-refractivity contribution in [2.45, 2.75) is 33.7 Å². The maximum atomic E-state index is 15.6. The van der Waals surface area contributed by atoms with Crippen molar-refractivity contribution in [3.63, 3.8) is 0 Å². The number of rotatable bonds is 9. The molecule has 1 saturated heterocycles. The Bertz CT molecular complexity index is 1570. The second-order valence-electron chi connectivity index (χ2n) is 11.0. The fraction of sp³-hybridized carbons (Fsp3) is 0.297. The Morgan fingerprint density at radius 3 is 1.93 bits per heavy atom. The summed E-state index contributed by atoms with van der Waals surface area (Å²) in [7, 11) is 1.00. The molecule has 1 aliphatic rings. The molecule has 1 aliphatic heterocycles. The summed E-state index contributed by atoms with van der Waals surface area (Å²) in [6, 6.07) is 22.9. The van der Waals surface area contributed by atoms with Crippen molar-refractivity contribution in [3.8, 4) is 22.3 Å². The average molecular weight is 631 g/mol. The Kier molecular flexibility index (Phi) is 14.0. The number of nitrogens with one attached hydrogen (secondary N) is 1. The van der Waals surface area contributed by atoms with Crippen molar-refractivity contribution in [1.82, 2.24) is 9.80 Å². The van der Waals surface area contributed by atoms with E-state index in [0.29, 0.717) is 5.56 Å². The van der Waals surface area contributed by atoms with Gasteiger partial charge in [0.15, 0.2) is 5.82 Å². The van der Waals surface area contributed by atoms with E-state index in [1.165, 1.54) is 24.6 Å². The lowest BCUT2D eigenvalue weighted by Gasteiger charge is -2.34. The van der Waals surface area contributed by atoms with E-state index in [9.17, 15) is 0 Å². The van der Waals surface area contributed by atoms with Crippen molar-refractivity contribution in [2.75, 3.05) is 45.2 Å². The third-order valence-corrected chi connectivity index (χ3v) is 8.01. The highest BCUT2D eigenvalue weighted by Crippen LogP contribution is 2.39. The van der Waals surface area contributed by atoms with E-state index in [2.05, 4.69) is 58.0 Å². The lowest BCUT2D eigenvalue weighted by atomic mass is 9.98. The van der Waals surface area contributed by atoms with Crippen molar-refractivity contribution in [3.05, 3.63) is 101 Å². The third-order valence-electron chi connectivity index (χ3n) is 8.01. The Morgan fingerprint density at radius 1 is 0.848 bits per heavy atom. The number of aliphatic hydroxyl groups is 1. The number of piperazine rings is 1. The zero-order chi connectivity index (χ0) is 33.6. The molecule has 0 atom stereocenters. The highest BCUT2D eigenvalue weighted by atomic mass is 19.1. The first kappa shape index (κ1) is 36.0. The molecule has 1 heterocycles. The smallest absolute Gasteiger partial charge is 0.290 e. The van der Waals surface area contributed by atoms with E-state index in [1.807, 2.05) is 44.2 Å². The number of hydrogen-bond donors (Lipinski definition) is 3. The number of aliphatic hydroxyl groups excluding tert-OH is 1. The molecule has 3 N–H and O–H groups in total. The van der Waals surface area contributed by atoms with Gasteiger partial charge in [0.05, 0.1) is 11.3 Å². The standard InChI is InChI=1S/C35H38F2N4.CH2O2.CH4O/c1-5-16-40-17-19-41(20-18-40)23-26-7-9-27(10-8-26)28-11-13-29(14-12-28)33-31(36)22-32(35(38-4)34(33)37)39-30-15-6-24(2)25(3)21-30;2-1-3;1-2/h6-15,21-22,39H,4-5,16-20,23H2,1-3H3;1H,(H,2,3);2H,1H3. The van der Waals surface area contributed by atoms with E-state index >= 15 is 8.78 Å². The van der Waals surface area contributed by atoms with Crippen LogP contribution in [0.15, 0.2) is 77.8 Å². The summed E-state index contributed by atoms with van der Waals surface area (Å²) in [5.74, 6) is -1.40. The monoisotopic (exact) mass is 630 g/mol. The van der Waals surface area contributed by atoms with Crippen LogP contribution in [0.25, 0.3) is 22.3 Å². The van der Waals surface area contributed by atoms with Gasteiger partial charge in [0.2, 0.25) is 0 Å². The van der Waals surface area contributed by atoms with Crippen LogP contribution in [0.2, 0.25) is 0 Å². The number of carboxylic acid groups (broad SMARTS) is 1. The van der Waals surface area contributed by atoms with Gasteiger partial charge in [0.25, 0.3) is 6.47 Å². The molecule has 0 unspecified atom stereocenters. The molecular formula is C37H44F2N4O3. The van der Waals surface area contributed by atoms with Gasteiger partial charge in [-0.2, -0.15) is 0 Å². The summed E-state index contributed by atoms with van der Waals surface area (Å²) in [6.07, 6.45) is 1.21. The Balaban J connectivity index is 0.00000109. The van der Waals surface area contributed by atoms with Gasteiger partial charge in [-0.25, -0.2) is 8.78 Å². The lowest BCUT2D eigenvalue weighted by molar-refractivity contribution is -0.122. The molecule has 4 aromatic carbocycles. The second-order valence-corrected chi connectivity index (χ2v) is 11.0. The minimum absolute atomic E-state index is 0.00827. The van der Waals surface area contributed by atoms with Crippen LogP contribution in [0.3, 0.4) is 0 Å². The molecule has 0 bridgehead atoms. The van der Waals surface area contributed by atoms with Crippen LogP contribution in [-0.4, -0.2) is 73.0 Å². The van der Waals surface area contributed by atoms with Crippen molar-refractivity contribution in [1.29, 1.82) is 0 Å². The van der Waals surface area contributed by atoms with Gasteiger partial charge >= 0.3 is 0 Å². The quantitative estimate of drug-likeness (QED) is 0.129. The highest BCUT2D eigenvalue weighted by Gasteiger charge is 2.20. The topological polar surface area (TPSA) is 88.4 Å². The number of halogens is 2. The molecule has 0 spiro atoms. The highest BCUT2D eigenvalue weighted by molar-refractivity contribution is 5.82. The molecule has 46 heavy (non-hydrogen) atoms. The largest absolute Gasteiger partial charge is 0.483 e. The van der Waals surface area contributed by atoms with Gasteiger partial charge in [-0.3, -0.25) is 14.7 Å². The molecule has 0 radical (unpaired) electrons. The van der Waals surface area contributed by atoms with Crippen LogP contribution in [0.5, 0.6) is 0 Å². The molecule has 244 valence electrons. The van der Waals surface area contributed by atoms with Gasteiger partial charge in [0.1, 0.15) is 11.5 Å². The first-order valence-corrected chi connectivity index (χ1v) is 15.3. The van der Waals surface area contributed by atoms with Crippen molar-refractivity contribution in [2.24, 2.45) is 4.99 Å². The SMILES string of the molecule is C=Nc1c(Nc2ccc(C)c(C)c2)cc(F)c(-c2ccc(-c3ccc(CN4CCN(CCC)CC4)cc3)cc2)c1F.CO.O=CO. The van der Waals surface area contributed by atoms with Gasteiger partial charge in [-0.05, 0) is 79.0 Å². The molecule has 0 saturated carbocycles. The molecule has 7 nitrogen and oxygen atoms in total. The number of aryl methyl sites for hydroxylation is 2. The third kappa shape index (κ3) is 9.29. The number of carbonyl (C=O) groups is 1. The molecule has 0 aromatic heterocycles. The summed E-state index contributed by atoms with van der Waals surface area (Å²) in [5.41, 5.74) is 6.86. The van der Waals surface area contributed by atoms with Gasteiger partial charge in [0, 0.05) is 51.6 Å². The first-order chi connectivity index (χ1) is 22.3. The van der Waals surface area contributed by atoms with E-state index in [4.69, 9.17) is 15.0 Å². The number of anilines is 2. The number of hydrogen-bond acceptors (Lipinski definition) is 6. The fourth-order valence-corrected chi connectivity index (χ4v) is 5.48. The molecule has 5 rings (SSSR count). The minimum atomic E-state index is -0.737. The molecular weight excluding hydrogens is 586 g/mol. The lowest BCUT2D eigenvalue weighted by Crippen LogP contribution is -2.45. The Morgan fingerprint density at radius 2 is 1.39 bits per heavy atom. The van der Waals surface area contributed by atoms with Crippen LogP contribution in [0, 0.1) is 25.5 Å². The predicted octanol–water partition coefficient (Wildman–Crippen LogP) is 7.83. The van der Waals surface area contributed by atoms with E-state index in [-0.39, 0.29) is 23.4 Å². The van der Waals surface area contributed by atoms with Gasteiger partial charge in [-0.15, -0.1) is 0 Å². The fourth-order valence-electron chi connectivity index (χ4n) is 5.48. The minimum Gasteiger partial charge on any atom is -0.483 e. The number of nitrogens with zero attached hydrogens (tertiary/aromatic N) is 3. The second kappa shape index (κ2) is 17.9. The van der Waals surface area contributed by atoms with Crippen LogP contribution in [0.4, 0.5) is 25.8 Å². The summed E-state index contributed by atoms with van der Waals surface area (Å²) in [6.45, 7) is 16.1. The number of benzene rings is 4. The van der Waals surface area contributed by atoms with E-state index < -0.39 is 11.6 Å². The van der Waals surface area contributed by atoms with Crippen molar-refractivity contribution >= 4 is 30.3 Å². The summed E-state index contributed by atoms with van der Waals surface area (Å²) in [4.78, 5) is 17.3. The van der Waals surface area contributed by atoms with Crippen LogP contribution >= 0.6 is 0 Å². The molecule has 0 amide bonds. The first-order valence-electron chi connectivity index (χ1n) is 15.3. The number of aliphatic imine (C=N–C) groups is 1. The summed E-state index contributed by atoms with van der Waals surface area (Å²) >= 11 is 0. The van der Waals surface area contributed by atoms with Crippen LogP contribution in [-0.2, 0) is 11.3 Å². The van der Waals surface area contributed by atoms with Crippen molar-refractivity contribution < 1.29 is 23.8 Å². The van der Waals surface area contributed by atoms with Crippen LogP contribution < -0.4 is 5.32 Å². The molecule has 4 aromatic rings. The Hall–Kier alpha value is -4.44. The average Bonchev–Trinajstić information content (AvgIpc) is 3.06. The normalized spacial score (nSPS) is 13.1. The van der Waals surface area contributed by atoms with Gasteiger partial charge in [-0.1, -0.05) is 61.5 Å². The molecule has 1 fully saturated rings.